The number of hydrogen-bond donors (Lipinski definition) is 1. The standard InChI is InChI=1S/C19H21ClF3NO/c1-2-18(11-4-12-24,15-5-3-6-16(20)13-15)25-17-9-7-14(8-10-17)19(21,22)23/h3,5-10,13H,2,4,11-12,24H2,1H3. The molecule has 0 aliphatic rings. The molecule has 0 amide bonds. The van der Waals surface area contributed by atoms with Gasteiger partial charge in [0.15, 0.2) is 0 Å². The van der Waals surface area contributed by atoms with Gasteiger partial charge in [0.25, 0.3) is 0 Å². The van der Waals surface area contributed by atoms with Gasteiger partial charge in [-0.3, -0.25) is 0 Å². The first-order valence-corrected chi connectivity index (χ1v) is 8.51. The molecule has 0 aliphatic carbocycles. The van der Waals surface area contributed by atoms with Crippen molar-refractivity contribution in [3.05, 3.63) is 64.7 Å². The number of benzene rings is 2. The minimum Gasteiger partial charge on any atom is -0.483 e. The Bertz CT molecular complexity index is 688. The van der Waals surface area contributed by atoms with Gasteiger partial charge in [-0.1, -0.05) is 30.7 Å². The third-order valence-corrected chi connectivity index (χ3v) is 4.44. The average molecular weight is 372 g/mol. The zero-order valence-electron chi connectivity index (χ0n) is 13.9. The van der Waals surface area contributed by atoms with Crippen molar-refractivity contribution in [2.24, 2.45) is 5.73 Å². The van der Waals surface area contributed by atoms with E-state index in [0.717, 1.165) is 24.1 Å². The van der Waals surface area contributed by atoms with Crippen LogP contribution in [-0.2, 0) is 11.8 Å². The van der Waals surface area contributed by atoms with Gasteiger partial charge in [-0.2, -0.15) is 13.2 Å². The second-order valence-corrected chi connectivity index (χ2v) is 6.31. The van der Waals surface area contributed by atoms with Gasteiger partial charge in [0.2, 0.25) is 0 Å². The van der Waals surface area contributed by atoms with Crippen LogP contribution in [0.3, 0.4) is 0 Å². The molecule has 2 aromatic carbocycles. The molecule has 2 nitrogen and oxygen atoms in total. The maximum atomic E-state index is 12.7. The van der Waals surface area contributed by atoms with E-state index in [4.69, 9.17) is 22.1 Å². The number of halogens is 4. The fraction of sp³-hybridized carbons (Fsp3) is 0.368. The van der Waals surface area contributed by atoms with Crippen LogP contribution in [0.1, 0.15) is 37.3 Å². The first kappa shape index (κ1) is 19.6. The van der Waals surface area contributed by atoms with E-state index in [2.05, 4.69) is 0 Å². The van der Waals surface area contributed by atoms with Crippen LogP contribution in [-0.4, -0.2) is 6.54 Å². The highest BCUT2D eigenvalue weighted by molar-refractivity contribution is 6.30. The number of ether oxygens (including phenoxy) is 1. The summed E-state index contributed by atoms with van der Waals surface area (Å²) in [5.41, 5.74) is 5.15. The zero-order chi connectivity index (χ0) is 18.5. The van der Waals surface area contributed by atoms with E-state index < -0.39 is 17.3 Å². The van der Waals surface area contributed by atoms with Gasteiger partial charge in [0, 0.05) is 5.02 Å². The van der Waals surface area contributed by atoms with E-state index in [1.165, 1.54) is 12.1 Å². The Hall–Kier alpha value is -1.72. The summed E-state index contributed by atoms with van der Waals surface area (Å²) in [6, 6.07) is 12.1. The monoisotopic (exact) mass is 371 g/mol. The molecule has 0 spiro atoms. The third-order valence-electron chi connectivity index (χ3n) is 4.20. The predicted octanol–water partition coefficient (Wildman–Crippen LogP) is 5.78. The molecule has 25 heavy (non-hydrogen) atoms. The van der Waals surface area contributed by atoms with Crippen LogP contribution in [0, 0.1) is 0 Å². The zero-order valence-corrected chi connectivity index (χ0v) is 14.7. The lowest BCUT2D eigenvalue weighted by atomic mass is 9.86. The summed E-state index contributed by atoms with van der Waals surface area (Å²) in [7, 11) is 0. The Morgan fingerprint density at radius 1 is 1.04 bits per heavy atom. The van der Waals surface area contributed by atoms with Crippen LogP contribution in [0.5, 0.6) is 5.75 Å². The summed E-state index contributed by atoms with van der Waals surface area (Å²) >= 11 is 6.11. The minimum absolute atomic E-state index is 0.381. The van der Waals surface area contributed by atoms with Crippen LogP contribution in [0.15, 0.2) is 48.5 Å². The van der Waals surface area contributed by atoms with Gasteiger partial charge in [-0.25, -0.2) is 0 Å². The van der Waals surface area contributed by atoms with Crippen molar-refractivity contribution in [3.63, 3.8) is 0 Å². The Morgan fingerprint density at radius 2 is 1.72 bits per heavy atom. The molecular weight excluding hydrogens is 351 g/mol. The van der Waals surface area contributed by atoms with Gasteiger partial charge in [-0.15, -0.1) is 0 Å². The molecule has 1 unspecified atom stereocenters. The molecule has 0 heterocycles. The molecule has 2 N–H and O–H groups in total. The molecule has 1 atom stereocenters. The molecular formula is C19H21ClF3NO. The quantitative estimate of drug-likeness (QED) is 0.669. The largest absolute Gasteiger partial charge is 0.483 e. The van der Waals surface area contributed by atoms with Crippen LogP contribution in [0.25, 0.3) is 0 Å². The Kier molecular flexibility index (Phi) is 6.36. The second-order valence-electron chi connectivity index (χ2n) is 5.87. The topological polar surface area (TPSA) is 35.2 Å². The lowest BCUT2D eigenvalue weighted by Crippen LogP contribution is -2.33. The fourth-order valence-corrected chi connectivity index (χ4v) is 2.99. The predicted molar refractivity (Wildman–Crippen MR) is 93.8 cm³/mol. The van der Waals surface area contributed by atoms with E-state index >= 15 is 0 Å². The molecule has 0 saturated carbocycles. The van der Waals surface area contributed by atoms with E-state index in [9.17, 15) is 13.2 Å². The van der Waals surface area contributed by atoms with Gasteiger partial charge in [0.05, 0.1) is 5.56 Å². The van der Waals surface area contributed by atoms with Crippen LogP contribution in [0.4, 0.5) is 13.2 Å². The Morgan fingerprint density at radius 3 is 2.24 bits per heavy atom. The van der Waals surface area contributed by atoms with Crippen LogP contribution >= 0.6 is 11.6 Å². The Labute approximate surface area is 150 Å². The highest BCUT2D eigenvalue weighted by atomic mass is 35.5. The first-order valence-electron chi connectivity index (χ1n) is 8.13. The molecule has 2 rings (SSSR count). The van der Waals surface area contributed by atoms with Gasteiger partial charge in [0.1, 0.15) is 11.4 Å². The van der Waals surface area contributed by atoms with Crippen molar-refractivity contribution in [2.45, 2.75) is 38.0 Å². The first-order chi connectivity index (χ1) is 11.8. The molecule has 6 heteroatoms. The molecule has 0 bridgehead atoms. The molecule has 0 radical (unpaired) electrons. The van der Waals surface area contributed by atoms with Crippen molar-refractivity contribution in [2.75, 3.05) is 6.54 Å². The maximum absolute atomic E-state index is 12.7. The van der Waals surface area contributed by atoms with E-state index in [1.807, 2.05) is 25.1 Å². The normalized spacial score (nSPS) is 14.2. The third kappa shape index (κ3) is 4.89. The number of rotatable bonds is 7. The van der Waals surface area contributed by atoms with Gasteiger partial charge >= 0.3 is 6.18 Å². The molecule has 0 fully saturated rings. The maximum Gasteiger partial charge on any atom is 0.416 e. The summed E-state index contributed by atoms with van der Waals surface area (Å²) in [4.78, 5) is 0. The highest BCUT2D eigenvalue weighted by Gasteiger charge is 2.34. The summed E-state index contributed by atoms with van der Waals surface area (Å²) < 4.78 is 44.4. The lowest BCUT2D eigenvalue weighted by molar-refractivity contribution is -0.137. The summed E-state index contributed by atoms with van der Waals surface area (Å²) in [6.07, 6.45) is -2.37. The van der Waals surface area contributed by atoms with Crippen molar-refractivity contribution >= 4 is 11.6 Å². The van der Waals surface area contributed by atoms with Crippen LogP contribution < -0.4 is 10.5 Å². The number of alkyl halides is 3. The van der Waals surface area contributed by atoms with Gasteiger partial charge in [-0.05, 0) is 67.8 Å². The molecule has 136 valence electrons. The summed E-state index contributed by atoms with van der Waals surface area (Å²) in [5.74, 6) is 0.381. The van der Waals surface area contributed by atoms with Crippen molar-refractivity contribution in [3.8, 4) is 5.75 Å². The van der Waals surface area contributed by atoms with Crippen molar-refractivity contribution in [1.29, 1.82) is 0 Å². The second kappa shape index (κ2) is 8.11. The number of hydrogen-bond acceptors (Lipinski definition) is 2. The molecule has 0 aliphatic heterocycles. The van der Waals surface area contributed by atoms with Gasteiger partial charge < -0.3 is 10.5 Å². The summed E-state index contributed by atoms with van der Waals surface area (Å²) in [5, 5.41) is 0.582. The van der Waals surface area contributed by atoms with Crippen LogP contribution in [0.2, 0.25) is 5.02 Å². The van der Waals surface area contributed by atoms with Crippen molar-refractivity contribution < 1.29 is 17.9 Å². The fourth-order valence-electron chi connectivity index (χ4n) is 2.80. The van der Waals surface area contributed by atoms with E-state index in [1.54, 1.807) is 6.07 Å². The molecule has 0 aromatic heterocycles. The smallest absolute Gasteiger partial charge is 0.416 e. The number of nitrogens with two attached hydrogens (primary N) is 1. The van der Waals surface area contributed by atoms with E-state index in [0.29, 0.717) is 30.2 Å². The molecule has 0 saturated heterocycles. The van der Waals surface area contributed by atoms with E-state index in [-0.39, 0.29) is 0 Å². The Balaban J connectivity index is 2.35. The summed E-state index contributed by atoms with van der Waals surface area (Å²) in [6.45, 7) is 2.47. The lowest BCUT2D eigenvalue weighted by Gasteiger charge is -2.34. The average Bonchev–Trinajstić information content (AvgIpc) is 2.58. The SMILES string of the molecule is CCC(CCCN)(Oc1ccc(C(F)(F)F)cc1)c1cccc(Cl)c1. The molecule has 2 aromatic rings. The minimum atomic E-state index is -4.37. The highest BCUT2D eigenvalue weighted by Crippen LogP contribution is 2.38. The van der Waals surface area contributed by atoms with Crippen molar-refractivity contribution in [1.82, 2.24) is 0 Å².